The summed E-state index contributed by atoms with van der Waals surface area (Å²) < 4.78 is 42.2. The van der Waals surface area contributed by atoms with Crippen molar-refractivity contribution in [3.8, 4) is 0 Å². The molecule has 32 heavy (non-hydrogen) atoms. The molecule has 0 saturated carbocycles. The van der Waals surface area contributed by atoms with Gasteiger partial charge in [0.25, 0.3) is 10.0 Å². The lowest BCUT2D eigenvalue weighted by Crippen LogP contribution is -2.44. The van der Waals surface area contributed by atoms with Crippen molar-refractivity contribution in [3.05, 3.63) is 47.7 Å². The lowest BCUT2D eigenvalue weighted by molar-refractivity contribution is -0.137. The highest BCUT2D eigenvalue weighted by Gasteiger charge is 2.35. The number of carbonyl (C=O) groups is 1. The predicted molar refractivity (Wildman–Crippen MR) is 121 cm³/mol. The summed E-state index contributed by atoms with van der Waals surface area (Å²) in [6, 6.07) is 6.23. The maximum atomic E-state index is 13.3. The van der Waals surface area contributed by atoms with Crippen LogP contribution in [0.4, 0.5) is 4.39 Å². The van der Waals surface area contributed by atoms with E-state index >= 15 is 0 Å². The number of piperidine rings is 1. The number of unbranched alkanes of at least 4 members (excludes halogenated alkanes) is 2. The number of hydrogen-bond donors (Lipinski definition) is 0. The Balaban J connectivity index is 1.65. The van der Waals surface area contributed by atoms with E-state index in [2.05, 4.69) is 11.9 Å². The first-order valence-corrected chi connectivity index (χ1v) is 12.7. The Bertz CT molecular complexity index is 993. The van der Waals surface area contributed by atoms with Gasteiger partial charge in [-0.15, -0.1) is 0 Å². The second kappa shape index (κ2) is 10.6. The molecule has 3 rings (SSSR count). The van der Waals surface area contributed by atoms with Gasteiger partial charge in [0.2, 0.25) is 5.91 Å². The van der Waals surface area contributed by atoms with Crippen LogP contribution in [0.3, 0.4) is 0 Å². The van der Waals surface area contributed by atoms with Gasteiger partial charge >= 0.3 is 0 Å². The topological polar surface area (TPSA) is 75.5 Å². The molecular formula is C23H33FN4O3S. The smallest absolute Gasteiger partial charge is 0.262 e. The van der Waals surface area contributed by atoms with Crippen molar-refractivity contribution in [3.63, 3.8) is 0 Å². The zero-order chi connectivity index (χ0) is 23.3. The molecule has 0 radical (unpaired) electrons. The van der Waals surface area contributed by atoms with Gasteiger partial charge < -0.3 is 9.47 Å². The number of benzene rings is 1. The molecule has 0 bridgehead atoms. The van der Waals surface area contributed by atoms with Crippen LogP contribution in [-0.4, -0.2) is 52.7 Å². The number of halogens is 1. The van der Waals surface area contributed by atoms with Gasteiger partial charge in [0.1, 0.15) is 11.6 Å². The SMILES string of the molecule is CCCCCN(Cc1ccc(F)cc1)C(=O)C1CCN(S(=O)(=O)c2cn(C)c(C)n2)CC1. The minimum absolute atomic E-state index is 0.0520. The zero-order valence-electron chi connectivity index (χ0n) is 19.1. The number of aromatic nitrogens is 2. The number of hydrogen-bond acceptors (Lipinski definition) is 4. The van der Waals surface area contributed by atoms with E-state index in [0.29, 0.717) is 44.8 Å². The zero-order valence-corrected chi connectivity index (χ0v) is 19.9. The lowest BCUT2D eigenvalue weighted by atomic mass is 9.96. The third-order valence-electron chi connectivity index (χ3n) is 6.12. The summed E-state index contributed by atoms with van der Waals surface area (Å²) in [6.07, 6.45) is 5.50. The average molecular weight is 465 g/mol. The molecule has 2 aromatic rings. The standard InChI is InChI=1S/C23H33FN4O3S/c1-4-5-6-13-27(16-19-7-9-21(24)10-8-19)23(29)20-11-14-28(15-12-20)32(30,31)22-17-26(3)18(2)25-22/h7-10,17,20H,4-6,11-16H2,1-3H3. The Hall–Kier alpha value is -2.26. The highest BCUT2D eigenvalue weighted by molar-refractivity contribution is 7.89. The van der Waals surface area contributed by atoms with Crippen LogP contribution < -0.4 is 0 Å². The largest absolute Gasteiger partial charge is 0.338 e. The average Bonchev–Trinajstić information content (AvgIpc) is 3.13. The van der Waals surface area contributed by atoms with E-state index in [0.717, 1.165) is 24.8 Å². The molecule has 0 atom stereocenters. The number of imidazole rings is 1. The summed E-state index contributed by atoms with van der Waals surface area (Å²) in [5.41, 5.74) is 0.891. The van der Waals surface area contributed by atoms with Gasteiger partial charge in [0, 0.05) is 45.3 Å². The van der Waals surface area contributed by atoms with Gasteiger partial charge in [-0.25, -0.2) is 17.8 Å². The van der Waals surface area contributed by atoms with Gasteiger partial charge in [-0.3, -0.25) is 4.79 Å². The molecule has 1 aliphatic heterocycles. The van der Waals surface area contributed by atoms with Crippen LogP contribution in [0.5, 0.6) is 0 Å². The van der Waals surface area contributed by atoms with Crippen LogP contribution in [0.15, 0.2) is 35.5 Å². The molecule has 0 unspecified atom stereocenters. The van der Waals surface area contributed by atoms with Crippen molar-refractivity contribution in [1.29, 1.82) is 0 Å². The second-order valence-corrected chi connectivity index (χ2v) is 10.4. The van der Waals surface area contributed by atoms with E-state index in [9.17, 15) is 17.6 Å². The molecule has 1 aromatic carbocycles. The molecule has 7 nitrogen and oxygen atoms in total. The number of nitrogens with zero attached hydrogens (tertiary/aromatic N) is 4. The maximum absolute atomic E-state index is 13.3. The Kier molecular flexibility index (Phi) is 8.05. The van der Waals surface area contributed by atoms with Gasteiger partial charge in [-0.2, -0.15) is 4.31 Å². The van der Waals surface area contributed by atoms with E-state index in [1.807, 2.05) is 4.90 Å². The molecule has 1 fully saturated rings. The first-order valence-electron chi connectivity index (χ1n) is 11.3. The van der Waals surface area contributed by atoms with Gasteiger partial charge in [-0.05, 0) is 43.9 Å². The maximum Gasteiger partial charge on any atom is 0.262 e. The Labute approximate surface area is 190 Å². The number of rotatable bonds is 9. The molecule has 0 N–H and O–H groups in total. The lowest BCUT2D eigenvalue weighted by Gasteiger charge is -2.33. The molecule has 0 spiro atoms. The minimum Gasteiger partial charge on any atom is -0.338 e. The van der Waals surface area contributed by atoms with Crippen LogP contribution in [-0.2, 0) is 28.4 Å². The normalized spacial score (nSPS) is 15.8. The van der Waals surface area contributed by atoms with E-state index in [-0.39, 0.29) is 22.7 Å². The second-order valence-electron chi connectivity index (χ2n) is 8.51. The molecule has 1 aromatic heterocycles. The van der Waals surface area contributed by atoms with Crippen LogP contribution in [0.1, 0.15) is 50.4 Å². The van der Waals surface area contributed by atoms with Crippen molar-refractivity contribution in [2.45, 2.75) is 57.5 Å². The summed E-state index contributed by atoms with van der Waals surface area (Å²) in [4.78, 5) is 19.3. The fourth-order valence-electron chi connectivity index (χ4n) is 4.01. The van der Waals surface area contributed by atoms with E-state index in [4.69, 9.17) is 0 Å². The molecule has 2 heterocycles. The van der Waals surface area contributed by atoms with Crippen molar-refractivity contribution < 1.29 is 17.6 Å². The van der Waals surface area contributed by atoms with Gasteiger partial charge in [-0.1, -0.05) is 31.9 Å². The number of amides is 1. The first kappa shape index (κ1) is 24.4. The first-order chi connectivity index (χ1) is 15.2. The van der Waals surface area contributed by atoms with Crippen molar-refractivity contribution >= 4 is 15.9 Å². The van der Waals surface area contributed by atoms with Gasteiger partial charge in [0.05, 0.1) is 0 Å². The van der Waals surface area contributed by atoms with E-state index in [1.165, 1.54) is 22.6 Å². The number of aryl methyl sites for hydroxylation is 2. The van der Waals surface area contributed by atoms with Crippen LogP contribution in [0, 0.1) is 18.7 Å². The van der Waals surface area contributed by atoms with Crippen LogP contribution in [0.25, 0.3) is 0 Å². The fraction of sp³-hybridized carbons (Fsp3) is 0.565. The summed E-state index contributed by atoms with van der Waals surface area (Å²) in [5, 5.41) is 0.0554. The monoisotopic (exact) mass is 464 g/mol. The highest BCUT2D eigenvalue weighted by Crippen LogP contribution is 2.25. The molecule has 0 aliphatic carbocycles. The summed E-state index contributed by atoms with van der Waals surface area (Å²) in [6.45, 7) is 5.56. The van der Waals surface area contributed by atoms with Crippen molar-refractivity contribution in [2.75, 3.05) is 19.6 Å². The fourth-order valence-corrected chi connectivity index (χ4v) is 5.51. The molecular weight excluding hydrogens is 431 g/mol. The predicted octanol–water partition coefficient (Wildman–Crippen LogP) is 3.49. The quantitative estimate of drug-likeness (QED) is 0.533. The molecule has 1 saturated heterocycles. The van der Waals surface area contributed by atoms with Gasteiger partial charge in [0.15, 0.2) is 5.03 Å². The number of carbonyl (C=O) groups excluding carboxylic acids is 1. The molecule has 176 valence electrons. The number of sulfonamides is 1. The highest BCUT2D eigenvalue weighted by atomic mass is 32.2. The molecule has 9 heteroatoms. The molecule has 1 amide bonds. The third kappa shape index (κ3) is 5.75. The Morgan fingerprint density at radius 3 is 2.41 bits per heavy atom. The van der Waals surface area contributed by atoms with Crippen LogP contribution >= 0.6 is 0 Å². The summed E-state index contributed by atoms with van der Waals surface area (Å²) in [5.74, 6) is 0.177. The van der Waals surface area contributed by atoms with Crippen molar-refractivity contribution in [2.24, 2.45) is 13.0 Å². The van der Waals surface area contributed by atoms with Crippen LogP contribution in [0.2, 0.25) is 0 Å². The third-order valence-corrected chi connectivity index (χ3v) is 7.89. The summed E-state index contributed by atoms with van der Waals surface area (Å²) in [7, 11) is -1.90. The Morgan fingerprint density at radius 1 is 1.19 bits per heavy atom. The molecule has 1 aliphatic rings. The van der Waals surface area contributed by atoms with E-state index in [1.54, 1.807) is 30.7 Å². The minimum atomic E-state index is -3.66. The summed E-state index contributed by atoms with van der Waals surface area (Å²) >= 11 is 0. The van der Waals surface area contributed by atoms with Crippen molar-refractivity contribution in [1.82, 2.24) is 18.8 Å². The Morgan fingerprint density at radius 2 is 1.84 bits per heavy atom. The van der Waals surface area contributed by atoms with E-state index < -0.39 is 10.0 Å².